The van der Waals surface area contributed by atoms with E-state index in [1.54, 1.807) is 36.5 Å². The maximum atomic E-state index is 13.0. The minimum Gasteiger partial charge on any atom is -0.334 e. The third-order valence-corrected chi connectivity index (χ3v) is 14.2. The van der Waals surface area contributed by atoms with Crippen LogP contribution in [-0.2, 0) is 51.9 Å². The predicted molar refractivity (Wildman–Crippen MR) is 237 cm³/mol. The molecule has 2 fully saturated rings. The number of piperidine rings is 2. The standard InChI is InChI=1S/C22H23ClN4O4S.C21H21ClN4O4S/c1-12-4-5-13(8-16(12)23)26(3)22(31)25(2)10-18-14-9-27(21(30)15(14)11-32-18)17-6-7-19(28)24-20(17)29;1-11-2-3-12(6-15(11)22)8-23-21(30)24-9-13-7-14-17(31-13)10-26(20(14)29)16-4-5-18(27)25-19(16)28/h4-5,8,11,17H,6-7,9-10H2,1-3H3,(H,24,28,29);2-3,6-7,16H,4-5,8-10H2,1H3,(H2,23,24,30)(H,25,27,28). The number of anilines is 1. The highest BCUT2D eigenvalue weighted by molar-refractivity contribution is 7.12. The van der Waals surface area contributed by atoms with Crippen molar-refractivity contribution in [2.24, 2.45) is 0 Å². The third-order valence-electron chi connectivity index (χ3n) is 11.3. The average molecular weight is 936 g/mol. The second-order valence-corrected chi connectivity index (χ2v) is 18.7. The van der Waals surface area contributed by atoms with Crippen molar-refractivity contribution in [2.75, 3.05) is 19.0 Å². The van der Waals surface area contributed by atoms with Gasteiger partial charge in [-0.1, -0.05) is 41.4 Å². The van der Waals surface area contributed by atoms with Gasteiger partial charge in [0.15, 0.2) is 0 Å². The minimum atomic E-state index is -0.651. The zero-order valence-electron chi connectivity index (χ0n) is 34.8. The molecular formula is C43H44Cl2N8O8S2. The largest absolute Gasteiger partial charge is 0.334 e. The molecule has 0 radical (unpaired) electrons. The minimum absolute atomic E-state index is 0.210. The van der Waals surface area contributed by atoms with Crippen molar-refractivity contribution in [2.45, 2.75) is 84.3 Å². The van der Waals surface area contributed by atoms with E-state index in [1.165, 1.54) is 37.4 Å². The molecule has 0 bridgehead atoms. The fourth-order valence-electron chi connectivity index (χ4n) is 7.62. The molecule has 6 heterocycles. The van der Waals surface area contributed by atoms with Crippen molar-refractivity contribution < 1.29 is 38.4 Å². The molecule has 4 aliphatic heterocycles. The number of nitrogens with zero attached hydrogens (tertiary/aromatic N) is 4. The molecule has 2 aromatic heterocycles. The summed E-state index contributed by atoms with van der Waals surface area (Å²) in [6, 6.07) is 11.0. The van der Waals surface area contributed by atoms with Crippen LogP contribution in [0.25, 0.3) is 0 Å². The zero-order valence-corrected chi connectivity index (χ0v) is 37.9. The van der Waals surface area contributed by atoms with Crippen LogP contribution in [0.15, 0.2) is 47.8 Å². The van der Waals surface area contributed by atoms with Gasteiger partial charge in [0.25, 0.3) is 11.8 Å². The van der Waals surface area contributed by atoms with E-state index in [0.29, 0.717) is 72.4 Å². The number of hydrogen-bond donors (Lipinski definition) is 4. The molecule has 16 nitrogen and oxygen atoms in total. The van der Waals surface area contributed by atoms with E-state index < -0.39 is 23.9 Å². The second-order valence-electron chi connectivity index (χ2n) is 15.7. The number of aryl methyl sites for hydroxylation is 2. The summed E-state index contributed by atoms with van der Waals surface area (Å²) < 4.78 is 0. The molecule has 10 amide bonds. The SMILES string of the molecule is Cc1ccc(CNC(=O)NCc2cc3c(s2)CN(C2CCC(=O)NC2=O)C3=O)cc1Cl.Cc1ccc(N(C)C(=O)N(C)Cc2scc3c2CN(C2CCC(=O)NC2=O)C3=O)cc1Cl. The third kappa shape index (κ3) is 9.88. The summed E-state index contributed by atoms with van der Waals surface area (Å²) in [5, 5.41) is 13.2. The Bertz CT molecular complexity index is 2560. The molecule has 2 saturated heterocycles. The first-order chi connectivity index (χ1) is 30.0. The van der Waals surface area contributed by atoms with Crippen LogP contribution >= 0.6 is 45.9 Å². The Kier molecular flexibility index (Phi) is 13.6. The number of thiophene rings is 2. The van der Waals surface area contributed by atoms with Crippen LogP contribution in [0.4, 0.5) is 15.3 Å². The first-order valence-corrected chi connectivity index (χ1v) is 22.5. The average Bonchev–Trinajstić information content (AvgIpc) is 4.00. The topological polar surface area (TPSA) is 198 Å². The highest BCUT2D eigenvalue weighted by Crippen LogP contribution is 2.36. The molecule has 0 spiro atoms. The highest BCUT2D eigenvalue weighted by Gasteiger charge is 2.42. The van der Waals surface area contributed by atoms with Gasteiger partial charge in [-0.3, -0.25) is 44.3 Å². The number of halogens is 2. The van der Waals surface area contributed by atoms with Crippen molar-refractivity contribution in [3.8, 4) is 0 Å². The molecule has 2 aromatic carbocycles. The van der Waals surface area contributed by atoms with Gasteiger partial charge >= 0.3 is 12.1 Å². The molecule has 2 atom stereocenters. The van der Waals surface area contributed by atoms with E-state index in [9.17, 15) is 38.4 Å². The summed E-state index contributed by atoms with van der Waals surface area (Å²) in [5.41, 5.74) is 5.46. The monoisotopic (exact) mass is 934 g/mol. The lowest BCUT2D eigenvalue weighted by Crippen LogP contribution is -2.52. The fourth-order valence-corrected chi connectivity index (χ4v) is 10.2. The highest BCUT2D eigenvalue weighted by atomic mass is 35.5. The Morgan fingerprint density at radius 3 is 1.97 bits per heavy atom. The smallest absolute Gasteiger partial charge is 0.324 e. The Hall–Kier alpha value is -5.82. The van der Waals surface area contributed by atoms with Gasteiger partial charge in [0, 0.05) is 75.8 Å². The van der Waals surface area contributed by atoms with Crippen LogP contribution < -0.4 is 26.2 Å². The van der Waals surface area contributed by atoms with Crippen molar-refractivity contribution in [1.29, 1.82) is 0 Å². The van der Waals surface area contributed by atoms with Gasteiger partial charge < -0.3 is 25.3 Å². The van der Waals surface area contributed by atoms with Gasteiger partial charge in [0.1, 0.15) is 12.1 Å². The predicted octanol–water partition coefficient (Wildman–Crippen LogP) is 5.63. The molecule has 63 heavy (non-hydrogen) atoms. The maximum absolute atomic E-state index is 13.0. The molecule has 0 saturated carbocycles. The number of carbonyl (C=O) groups is 8. The molecule has 4 aliphatic rings. The summed E-state index contributed by atoms with van der Waals surface area (Å²) in [6.07, 6.45) is 1.10. The number of benzene rings is 2. The summed E-state index contributed by atoms with van der Waals surface area (Å²) >= 11 is 15.2. The quantitative estimate of drug-likeness (QED) is 0.155. The van der Waals surface area contributed by atoms with E-state index in [0.717, 1.165) is 36.9 Å². The van der Waals surface area contributed by atoms with Crippen molar-refractivity contribution >= 4 is 99.1 Å². The van der Waals surface area contributed by atoms with Crippen molar-refractivity contribution in [3.63, 3.8) is 0 Å². The van der Waals surface area contributed by atoms with Crippen LogP contribution in [-0.4, -0.2) is 88.4 Å². The van der Waals surface area contributed by atoms with Crippen LogP contribution in [0.2, 0.25) is 10.0 Å². The number of nitrogens with one attached hydrogen (secondary N) is 4. The number of carbonyl (C=O) groups excluding carboxylic acids is 8. The van der Waals surface area contributed by atoms with Gasteiger partial charge in [-0.15, -0.1) is 22.7 Å². The zero-order chi connectivity index (χ0) is 45.3. The Balaban J connectivity index is 0.000000189. The molecule has 8 rings (SSSR count). The lowest BCUT2D eigenvalue weighted by atomic mass is 10.0. The van der Waals surface area contributed by atoms with E-state index in [2.05, 4.69) is 21.3 Å². The molecule has 330 valence electrons. The summed E-state index contributed by atoms with van der Waals surface area (Å²) in [6.45, 7) is 5.43. The number of hydrogen-bond acceptors (Lipinski definition) is 10. The number of rotatable bonds is 9. The van der Waals surface area contributed by atoms with Gasteiger partial charge in [0.05, 0.1) is 30.8 Å². The van der Waals surface area contributed by atoms with Crippen LogP contribution in [0.1, 0.15) is 83.3 Å². The maximum Gasteiger partial charge on any atom is 0.324 e. The summed E-state index contributed by atoms with van der Waals surface area (Å²) in [4.78, 5) is 107. The fraction of sp³-hybridized carbons (Fsp3) is 0.349. The van der Waals surface area contributed by atoms with E-state index in [1.807, 2.05) is 44.2 Å². The van der Waals surface area contributed by atoms with Crippen LogP contribution in [0.3, 0.4) is 0 Å². The normalized spacial score (nSPS) is 18.0. The van der Waals surface area contributed by atoms with Gasteiger partial charge in [-0.2, -0.15) is 0 Å². The van der Waals surface area contributed by atoms with Gasteiger partial charge in [-0.25, -0.2) is 9.59 Å². The van der Waals surface area contributed by atoms with Crippen molar-refractivity contribution in [3.05, 3.63) is 106 Å². The van der Waals surface area contributed by atoms with E-state index >= 15 is 0 Å². The van der Waals surface area contributed by atoms with Crippen LogP contribution in [0, 0.1) is 13.8 Å². The molecular weight excluding hydrogens is 892 g/mol. The lowest BCUT2D eigenvalue weighted by Gasteiger charge is -2.29. The number of imide groups is 2. The Morgan fingerprint density at radius 2 is 1.37 bits per heavy atom. The van der Waals surface area contributed by atoms with Crippen LogP contribution in [0.5, 0.6) is 0 Å². The van der Waals surface area contributed by atoms with Gasteiger partial charge in [0.2, 0.25) is 23.6 Å². The molecule has 0 aliphatic carbocycles. The number of amides is 10. The summed E-state index contributed by atoms with van der Waals surface area (Å²) in [7, 11) is 3.39. The number of fused-ring (bicyclic) bond motifs is 2. The Labute approximate surface area is 380 Å². The Morgan fingerprint density at radius 1 is 0.778 bits per heavy atom. The molecule has 4 N–H and O–H groups in total. The molecule has 20 heteroatoms. The lowest BCUT2D eigenvalue weighted by molar-refractivity contribution is -0.138. The van der Waals surface area contributed by atoms with E-state index in [-0.39, 0.29) is 48.5 Å². The summed E-state index contributed by atoms with van der Waals surface area (Å²) in [5.74, 6) is -1.90. The van der Waals surface area contributed by atoms with E-state index in [4.69, 9.17) is 23.2 Å². The first-order valence-electron chi connectivity index (χ1n) is 20.0. The van der Waals surface area contributed by atoms with Gasteiger partial charge in [-0.05, 0) is 73.2 Å². The van der Waals surface area contributed by atoms with Crippen molar-refractivity contribution in [1.82, 2.24) is 36.0 Å². The molecule has 4 aromatic rings. The first kappa shape index (κ1) is 45.2. The second kappa shape index (κ2) is 18.9. The molecule has 2 unspecified atom stereocenters. The number of urea groups is 2.